The molecule has 0 aliphatic heterocycles. The van der Waals surface area contributed by atoms with Crippen molar-refractivity contribution in [3.8, 4) is 0 Å². The van der Waals surface area contributed by atoms with Crippen LogP contribution in [0.1, 0.15) is 26.3 Å². The van der Waals surface area contributed by atoms with E-state index in [1.165, 1.54) is 0 Å². The van der Waals surface area contributed by atoms with E-state index in [1.54, 1.807) is 0 Å². The van der Waals surface area contributed by atoms with E-state index in [4.69, 9.17) is 0 Å². The topological polar surface area (TPSA) is 17.1 Å². The maximum Gasteiger partial charge on any atom is 0.148 e. The quantitative estimate of drug-likeness (QED) is 0.752. The van der Waals surface area contributed by atoms with Gasteiger partial charge in [0.25, 0.3) is 0 Å². The van der Waals surface area contributed by atoms with Crippen molar-refractivity contribution in [1.29, 1.82) is 0 Å². The molecule has 0 saturated carbocycles. The molecule has 19 heavy (non-hydrogen) atoms. The number of hydrogen-bond donors (Lipinski definition) is 0. The van der Waals surface area contributed by atoms with Gasteiger partial charge in [0.2, 0.25) is 0 Å². The normalized spacial score (nSPS) is 14.9. The van der Waals surface area contributed by atoms with Gasteiger partial charge in [-0.25, -0.2) is 0 Å². The van der Waals surface area contributed by atoms with Crippen LogP contribution >= 0.6 is 7.14 Å². The van der Waals surface area contributed by atoms with E-state index in [9.17, 15) is 4.57 Å². The lowest BCUT2D eigenvalue weighted by Gasteiger charge is -2.33. The highest BCUT2D eigenvalue weighted by atomic mass is 31.2. The maximum absolute atomic E-state index is 13.9. The Balaban J connectivity index is 2.75. The SMILES string of the molecule is Cc1ccccc1[P@@](=O)(c1ccccc1)C(C)(C)C. The van der Waals surface area contributed by atoms with E-state index in [1.807, 2.05) is 61.5 Å². The third-order valence-corrected chi connectivity index (χ3v) is 7.61. The van der Waals surface area contributed by atoms with Crippen molar-refractivity contribution in [2.24, 2.45) is 0 Å². The Morgan fingerprint density at radius 3 is 1.89 bits per heavy atom. The van der Waals surface area contributed by atoms with Gasteiger partial charge in [0.1, 0.15) is 7.14 Å². The Kier molecular flexibility index (Phi) is 3.69. The maximum atomic E-state index is 13.9. The van der Waals surface area contributed by atoms with Gasteiger partial charge >= 0.3 is 0 Å². The lowest BCUT2D eigenvalue weighted by atomic mass is 10.2. The second-order valence-electron chi connectivity index (χ2n) is 5.90. The van der Waals surface area contributed by atoms with Crippen LogP contribution in [0.5, 0.6) is 0 Å². The molecule has 1 atom stereocenters. The van der Waals surface area contributed by atoms with Crippen molar-refractivity contribution >= 4 is 17.8 Å². The average Bonchev–Trinajstić information content (AvgIpc) is 2.38. The molecule has 0 aromatic heterocycles. The van der Waals surface area contributed by atoms with Crippen LogP contribution in [0, 0.1) is 6.92 Å². The van der Waals surface area contributed by atoms with Gasteiger partial charge < -0.3 is 4.57 Å². The molecule has 0 aliphatic carbocycles. The van der Waals surface area contributed by atoms with E-state index in [0.29, 0.717) is 0 Å². The highest BCUT2D eigenvalue weighted by molar-refractivity contribution is 7.80. The molecule has 0 saturated heterocycles. The summed E-state index contributed by atoms with van der Waals surface area (Å²) < 4.78 is 13.9. The van der Waals surface area contributed by atoms with Crippen LogP contribution < -0.4 is 10.6 Å². The van der Waals surface area contributed by atoms with Gasteiger partial charge in [-0.15, -0.1) is 0 Å². The zero-order chi connectivity index (χ0) is 14.1. The minimum atomic E-state index is -2.65. The number of aryl methyl sites for hydroxylation is 1. The minimum absolute atomic E-state index is 0.291. The highest BCUT2D eigenvalue weighted by Crippen LogP contribution is 2.55. The molecule has 0 heterocycles. The van der Waals surface area contributed by atoms with Gasteiger partial charge in [-0.3, -0.25) is 0 Å². The first kappa shape index (κ1) is 14.1. The first-order chi connectivity index (χ1) is 8.87. The second-order valence-corrected chi connectivity index (χ2v) is 9.46. The third kappa shape index (κ3) is 2.40. The number of benzene rings is 2. The molecule has 2 heteroatoms. The minimum Gasteiger partial charge on any atom is -0.313 e. The molecule has 100 valence electrons. The first-order valence-electron chi connectivity index (χ1n) is 6.59. The average molecular weight is 272 g/mol. The molecule has 2 aromatic rings. The molecule has 2 rings (SSSR count). The van der Waals surface area contributed by atoms with E-state index in [0.717, 1.165) is 16.2 Å². The van der Waals surface area contributed by atoms with Crippen molar-refractivity contribution in [1.82, 2.24) is 0 Å². The summed E-state index contributed by atoms with van der Waals surface area (Å²) in [5, 5.41) is 1.63. The Hall–Kier alpha value is -1.33. The van der Waals surface area contributed by atoms with Gasteiger partial charge in [-0.1, -0.05) is 75.4 Å². The van der Waals surface area contributed by atoms with E-state index in [-0.39, 0.29) is 5.16 Å². The Morgan fingerprint density at radius 2 is 1.37 bits per heavy atom. The molecule has 0 aliphatic rings. The summed E-state index contributed by atoms with van der Waals surface area (Å²) in [6.45, 7) is 8.23. The molecule has 0 spiro atoms. The van der Waals surface area contributed by atoms with Crippen molar-refractivity contribution in [2.75, 3.05) is 0 Å². The zero-order valence-corrected chi connectivity index (χ0v) is 12.9. The van der Waals surface area contributed by atoms with Crippen molar-refractivity contribution < 1.29 is 4.57 Å². The van der Waals surface area contributed by atoms with Crippen LogP contribution in [0.2, 0.25) is 0 Å². The van der Waals surface area contributed by atoms with Gasteiger partial charge in [-0.05, 0) is 12.5 Å². The molecule has 0 fully saturated rings. The van der Waals surface area contributed by atoms with Crippen LogP contribution in [-0.2, 0) is 4.57 Å². The van der Waals surface area contributed by atoms with Crippen LogP contribution in [0.25, 0.3) is 0 Å². The van der Waals surface area contributed by atoms with Crippen molar-refractivity contribution in [2.45, 2.75) is 32.9 Å². The highest BCUT2D eigenvalue weighted by Gasteiger charge is 2.40. The molecular weight excluding hydrogens is 251 g/mol. The molecule has 1 nitrogen and oxygen atoms in total. The fourth-order valence-corrected chi connectivity index (χ4v) is 5.68. The van der Waals surface area contributed by atoms with Gasteiger partial charge in [0.05, 0.1) is 0 Å². The Morgan fingerprint density at radius 1 is 0.842 bits per heavy atom. The summed E-state index contributed by atoms with van der Waals surface area (Å²) >= 11 is 0. The number of rotatable bonds is 2. The fraction of sp³-hybridized carbons (Fsp3) is 0.294. The molecular formula is C17H21OP. The summed E-state index contributed by atoms with van der Waals surface area (Å²) in [6, 6.07) is 17.9. The monoisotopic (exact) mass is 272 g/mol. The van der Waals surface area contributed by atoms with Gasteiger partial charge in [0.15, 0.2) is 0 Å². The van der Waals surface area contributed by atoms with Gasteiger partial charge in [-0.2, -0.15) is 0 Å². The van der Waals surface area contributed by atoms with Crippen molar-refractivity contribution in [3.63, 3.8) is 0 Å². The Labute approximate surface area is 116 Å². The smallest absolute Gasteiger partial charge is 0.148 e. The van der Waals surface area contributed by atoms with Crippen LogP contribution in [0.15, 0.2) is 54.6 Å². The Bertz CT molecular complexity index is 609. The van der Waals surface area contributed by atoms with E-state index >= 15 is 0 Å². The second kappa shape index (κ2) is 4.98. The standard InChI is InChI=1S/C17H21OP/c1-14-10-8-9-13-16(14)19(18,17(2,3)4)15-11-6-5-7-12-15/h5-13H,1-4H3/t19-/m0/s1. The predicted molar refractivity (Wildman–Crippen MR) is 84.2 cm³/mol. The summed E-state index contributed by atoms with van der Waals surface area (Å²) in [4.78, 5) is 0. The molecule has 2 aromatic carbocycles. The predicted octanol–water partition coefficient (Wildman–Crippen LogP) is 4.11. The molecule has 0 bridgehead atoms. The fourth-order valence-electron chi connectivity index (χ4n) is 2.44. The molecule has 0 radical (unpaired) electrons. The number of hydrogen-bond acceptors (Lipinski definition) is 1. The summed E-state index contributed by atoms with van der Waals surface area (Å²) in [5.74, 6) is 0. The molecule has 0 N–H and O–H groups in total. The molecule has 0 unspecified atom stereocenters. The van der Waals surface area contributed by atoms with Crippen LogP contribution in [0.4, 0.5) is 0 Å². The van der Waals surface area contributed by atoms with Crippen molar-refractivity contribution in [3.05, 3.63) is 60.2 Å². The summed E-state index contributed by atoms with van der Waals surface area (Å²) in [5.41, 5.74) is 1.10. The van der Waals surface area contributed by atoms with Gasteiger partial charge in [0, 0.05) is 15.8 Å². The third-order valence-electron chi connectivity index (χ3n) is 3.52. The van der Waals surface area contributed by atoms with E-state index < -0.39 is 7.14 Å². The zero-order valence-electron chi connectivity index (χ0n) is 12.1. The van der Waals surface area contributed by atoms with Crippen LogP contribution in [-0.4, -0.2) is 5.16 Å². The first-order valence-corrected chi connectivity index (χ1v) is 8.30. The lowest BCUT2D eigenvalue weighted by molar-refractivity contribution is 0.563. The molecule has 0 amide bonds. The van der Waals surface area contributed by atoms with E-state index in [2.05, 4.69) is 20.8 Å². The lowest BCUT2D eigenvalue weighted by Crippen LogP contribution is -2.31. The largest absolute Gasteiger partial charge is 0.313 e. The summed E-state index contributed by atoms with van der Waals surface area (Å²) in [6.07, 6.45) is 0. The van der Waals surface area contributed by atoms with Crippen LogP contribution in [0.3, 0.4) is 0 Å². The summed E-state index contributed by atoms with van der Waals surface area (Å²) in [7, 11) is -2.65.